The Kier molecular flexibility index (Phi) is 7.22. The van der Waals surface area contributed by atoms with Crippen LogP contribution < -0.4 is 24.4 Å². The van der Waals surface area contributed by atoms with Crippen molar-refractivity contribution in [3.8, 4) is 11.5 Å². The number of amides is 1. The lowest BCUT2D eigenvalue weighted by Gasteiger charge is -2.19. The smallest absolute Gasteiger partial charge is 0.262 e. The number of ether oxygens (including phenoxy) is 2. The Hall–Kier alpha value is -3.72. The van der Waals surface area contributed by atoms with Gasteiger partial charge in [-0.3, -0.25) is 9.52 Å². The van der Waals surface area contributed by atoms with E-state index in [-0.39, 0.29) is 10.8 Å². The summed E-state index contributed by atoms with van der Waals surface area (Å²) in [6, 6.07) is 20.8. The molecule has 0 aliphatic carbocycles. The van der Waals surface area contributed by atoms with Gasteiger partial charge in [0.25, 0.3) is 15.9 Å². The number of sulfonamides is 1. The van der Waals surface area contributed by atoms with Gasteiger partial charge in [0.15, 0.2) is 11.5 Å². The molecule has 3 aromatic carbocycles. The van der Waals surface area contributed by atoms with E-state index in [2.05, 4.69) is 14.9 Å². The van der Waals surface area contributed by atoms with Crippen molar-refractivity contribution in [3.05, 3.63) is 78.4 Å². The second kappa shape index (κ2) is 10.5. The number of rotatable bonds is 9. The van der Waals surface area contributed by atoms with Crippen LogP contribution in [0.5, 0.6) is 11.5 Å². The number of benzene rings is 3. The second-order valence-electron chi connectivity index (χ2n) is 7.85. The molecule has 1 heterocycles. The topological polar surface area (TPSA) is 97.0 Å². The Morgan fingerprint density at radius 3 is 2.38 bits per heavy atom. The van der Waals surface area contributed by atoms with E-state index in [1.165, 1.54) is 12.1 Å². The molecule has 3 aromatic rings. The normalized spacial score (nSPS) is 12.6. The van der Waals surface area contributed by atoms with Crippen LogP contribution >= 0.6 is 0 Å². The molecule has 0 atom stereocenters. The average molecular weight is 482 g/mol. The van der Waals surface area contributed by atoms with E-state index in [4.69, 9.17) is 9.47 Å². The Bertz CT molecular complexity index is 1230. The highest BCUT2D eigenvalue weighted by Gasteiger charge is 2.19. The van der Waals surface area contributed by atoms with Gasteiger partial charge in [-0.25, -0.2) is 8.42 Å². The van der Waals surface area contributed by atoms with Crippen molar-refractivity contribution in [3.63, 3.8) is 0 Å². The van der Waals surface area contributed by atoms with Crippen LogP contribution in [0.4, 0.5) is 11.4 Å². The zero-order valence-electron chi connectivity index (χ0n) is 18.9. The highest BCUT2D eigenvalue weighted by atomic mass is 32.2. The summed E-state index contributed by atoms with van der Waals surface area (Å²) in [5, 5.41) is 2.90. The molecular weight excluding hydrogens is 454 g/mol. The monoisotopic (exact) mass is 481 g/mol. The zero-order valence-corrected chi connectivity index (χ0v) is 19.7. The number of carbonyl (C=O) groups excluding carboxylic acids is 1. The third-order valence-electron chi connectivity index (χ3n) is 5.38. The predicted molar refractivity (Wildman–Crippen MR) is 131 cm³/mol. The van der Waals surface area contributed by atoms with Crippen molar-refractivity contribution in [1.82, 2.24) is 5.32 Å². The van der Waals surface area contributed by atoms with Gasteiger partial charge >= 0.3 is 0 Å². The van der Waals surface area contributed by atoms with Crippen LogP contribution in [0.1, 0.15) is 16.8 Å². The lowest BCUT2D eigenvalue weighted by molar-refractivity contribution is 0.0953. The van der Waals surface area contributed by atoms with Crippen LogP contribution in [0.3, 0.4) is 0 Å². The number of anilines is 2. The number of carbonyl (C=O) groups is 1. The lowest BCUT2D eigenvalue weighted by Crippen LogP contribution is -2.28. The average Bonchev–Trinajstić information content (AvgIpc) is 2.86. The van der Waals surface area contributed by atoms with Gasteiger partial charge in [-0.15, -0.1) is 0 Å². The van der Waals surface area contributed by atoms with Gasteiger partial charge in [-0.1, -0.05) is 18.2 Å². The van der Waals surface area contributed by atoms with E-state index in [1.807, 2.05) is 37.4 Å². The Labute approximate surface area is 199 Å². The van der Waals surface area contributed by atoms with Crippen LogP contribution in [0, 0.1) is 0 Å². The van der Waals surface area contributed by atoms with Gasteiger partial charge in [0.05, 0.1) is 4.90 Å². The number of nitrogens with zero attached hydrogens (tertiary/aromatic N) is 1. The van der Waals surface area contributed by atoms with E-state index in [0.717, 1.165) is 18.7 Å². The SMILES string of the molecule is CN(CCCNC(=O)c1ccc(NS(=O)(=O)c2ccc3c(c2)OCCO3)cc1)c1ccccc1. The summed E-state index contributed by atoms with van der Waals surface area (Å²) < 4.78 is 38.9. The first-order valence-electron chi connectivity index (χ1n) is 11.0. The van der Waals surface area contributed by atoms with Crippen molar-refractivity contribution in [2.24, 2.45) is 0 Å². The number of hydrogen-bond acceptors (Lipinski definition) is 6. The maximum absolute atomic E-state index is 12.7. The summed E-state index contributed by atoms with van der Waals surface area (Å²) in [4.78, 5) is 14.6. The molecule has 0 radical (unpaired) electrons. The molecule has 2 N–H and O–H groups in total. The van der Waals surface area contributed by atoms with Gasteiger partial charge in [-0.2, -0.15) is 0 Å². The highest BCUT2D eigenvalue weighted by molar-refractivity contribution is 7.92. The molecule has 0 saturated heterocycles. The van der Waals surface area contributed by atoms with E-state index in [0.29, 0.717) is 42.5 Å². The number of fused-ring (bicyclic) bond motifs is 1. The number of hydrogen-bond donors (Lipinski definition) is 2. The van der Waals surface area contributed by atoms with Crippen molar-refractivity contribution in [2.75, 3.05) is 43.0 Å². The van der Waals surface area contributed by atoms with Crippen molar-refractivity contribution in [1.29, 1.82) is 0 Å². The molecule has 178 valence electrons. The van der Waals surface area contributed by atoms with E-state index in [9.17, 15) is 13.2 Å². The van der Waals surface area contributed by atoms with E-state index < -0.39 is 10.0 Å². The van der Waals surface area contributed by atoms with Crippen LogP contribution in [0.25, 0.3) is 0 Å². The standard InChI is InChI=1S/C25H27N3O5S/c1-28(21-6-3-2-4-7-21)15-5-14-26-25(29)19-8-10-20(11-9-19)27-34(30,31)22-12-13-23-24(18-22)33-17-16-32-23/h2-4,6-13,18,27H,5,14-17H2,1H3,(H,26,29). The van der Waals surface area contributed by atoms with Crippen molar-refractivity contribution >= 4 is 27.3 Å². The molecule has 0 unspecified atom stereocenters. The fourth-order valence-electron chi connectivity index (χ4n) is 3.53. The molecule has 0 bridgehead atoms. The fourth-order valence-corrected chi connectivity index (χ4v) is 4.60. The predicted octanol–water partition coefficient (Wildman–Crippen LogP) is 3.51. The summed E-state index contributed by atoms with van der Waals surface area (Å²) in [5.74, 6) is 0.715. The van der Waals surface area contributed by atoms with Gasteiger partial charge in [0.2, 0.25) is 0 Å². The third-order valence-corrected chi connectivity index (χ3v) is 6.76. The van der Waals surface area contributed by atoms with Gasteiger partial charge in [0.1, 0.15) is 13.2 Å². The molecule has 1 aliphatic rings. The molecule has 0 aromatic heterocycles. The molecule has 1 amide bonds. The van der Waals surface area contributed by atoms with Crippen LogP contribution in [0.15, 0.2) is 77.7 Å². The molecule has 0 fully saturated rings. The molecule has 34 heavy (non-hydrogen) atoms. The molecular formula is C25H27N3O5S. The molecule has 9 heteroatoms. The summed E-state index contributed by atoms with van der Waals surface area (Å²) in [5.41, 5.74) is 1.94. The Morgan fingerprint density at radius 2 is 1.65 bits per heavy atom. The third kappa shape index (κ3) is 5.79. The van der Waals surface area contributed by atoms with Gasteiger partial charge in [0, 0.05) is 43.1 Å². The second-order valence-corrected chi connectivity index (χ2v) is 9.54. The van der Waals surface area contributed by atoms with Crippen molar-refractivity contribution in [2.45, 2.75) is 11.3 Å². The minimum absolute atomic E-state index is 0.0686. The Morgan fingerprint density at radius 1 is 0.941 bits per heavy atom. The maximum Gasteiger partial charge on any atom is 0.262 e. The molecule has 8 nitrogen and oxygen atoms in total. The molecule has 1 aliphatic heterocycles. The first kappa shape index (κ1) is 23.4. The fraction of sp³-hybridized carbons (Fsp3) is 0.240. The van der Waals surface area contributed by atoms with E-state index in [1.54, 1.807) is 30.3 Å². The number of nitrogens with one attached hydrogen (secondary N) is 2. The summed E-state index contributed by atoms with van der Waals surface area (Å²) in [6.07, 6.45) is 0.796. The molecule has 4 rings (SSSR count). The summed E-state index contributed by atoms with van der Waals surface area (Å²) >= 11 is 0. The van der Waals surface area contributed by atoms with Crippen LogP contribution in [-0.4, -0.2) is 47.7 Å². The highest BCUT2D eigenvalue weighted by Crippen LogP contribution is 2.32. The van der Waals surface area contributed by atoms with E-state index >= 15 is 0 Å². The maximum atomic E-state index is 12.7. The summed E-state index contributed by atoms with van der Waals surface area (Å²) in [7, 11) is -1.80. The first-order valence-corrected chi connectivity index (χ1v) is 12.5. The number of para-hydroxylation sites is 1. The van der Waals surface area contributed by atoms with Gasteiger partial charge < -0.3 is 19.7 Å². The zero-order chi connectivity index (χ0) is 24.0. The van der Waals surface area contributed by atoms with Gasteiger partial charge in [-0.05, 0) is 55.0 Å². The van der Waals surface area contributed by atoms with Crippen LogP contribution in [0.2, 0.25) is 0 Å². The lowest BCUT2D eigenvalue weighted by atomic mass is 10.2. The summed E-state index contributed by atoms with van der Waals surface area (Å²) in [6.45, 7) is 2.15. The largest absolute Gasteiger partial charge is 0.486 e. The minimum Gasteiger partial charge on any atom is -0.486 e. The molecule has 0 spiro atoms. The first-order chi connectivity index (χ1) is 16.4. The Balaban J connectivity index is 1.29. The van der Waals surface area contributed by atoms with Crippen molar-refractivity contribution < 1.29 is 22.7 Å². The molecule has 0 saturated carbocycles. The quantitative estimate of drug-likeness (QED) is 0.454. The van der Waals surface area contributed by atoms with Crippen LogP contribution in [-0.2, 0) is 10.0 Å². The minimum atomic E-state index is -3.82.